The maximum Gasteiger partial charge on any atom is 0.0974 e. The second kappa shape index (κ2) is 3.66. The molecule has 66 valence electrons. The minimum absolute atomic E-state index is 0.458. The highest BCUT2D eigenvalue weighted by atomic mass is 35.5. The monoisotopic (exact) mass is 203 g/mol. The standard InChI is InChI=1S/C7H10ClN3S/c8-3-6-4-11(10-9-6)7-1-2-12-5-7/h4,7H,1-3,5H2/t7-/m1/s1. The molecule has 0 unspecified atom stereocenters. The third-order valence-electron chi connectivity index (χ3n) is 1.97. The van der Waals surface area contributed by atoms with E-state index in [1.165, 1.54) is 12.2 Å². The van der Waals surface area contributed by atoms with Crippen LogP contribution in [0.3, 0.4) is 0 Å². The normalized spacial score (nSPS) is 23.2. The maximum atomic E-state index is 5.63. The molecule has 0 amide bonds. The smallest absolute Gasteiger partial charge is 0.0974 e. The lowest BCUT2D eigenvalue weighted by Gasteiger charge is -2.05. The van der Waals surface area contributed by atoms with Crippen LogP contribution in [-0.4, -0.2) is 26.5 Å². The number of alkyl halides is 1. The predicted octanol–water partition coefficient (Wildman–Crippen LogP) is 1.69. The number of aromatic nitrogens is 3. The number of rotatable bonds is 2. The average molecular weight is 204 g/mol. The first kappa shape index (κ1) is 8.38. The van der Waals surface area contributed by atoms with E-state index in [-0.39, 0.29) is 0 Å². The van der Waals surface area contributed by atoms with E-state index in [4.69, 9.17) is 11.6 Å². The predicted molar refractivity (Wildman–Crippen MR) is 50.6 cm³/mol. The molecule has 1 atom stereocenters. The van der Waals surface area contributed by atoms with E-state index >= 15 is 0 Å². The summed E-state index contributed by atoms with van der Waals surface area (Å²) in [5.41, 5.74) is 0.869. The van der Waals surface area contributed by atoms with Crippen LogP contribution in [0.5, 0.6) is 0 Å². The average Bonchev–Trinajstić information content (AvgIpc) is 2.75. The molecule has 3 nitrogen and oxygen atoms in total. The Morgan fingerprint density at radius 2 is 2.67 bits per heavy atom. The minimum Gasteiger partial charge on any atom is -0.248 e. The Morgan fingerprint density at radius 3 is 3.25 bits per heavy atom. The van der Waals surface area contributed by atoms with Gasteiger partial charge in [0.15, 0.2) is 0 Å². The number of nitrogens with zero attached hydrogens (tertiary/aromatic N) is 3. The van der Waals surface area contributed by atoms with E-state index in [1.54, 1.807) is 0 Å². The molecule has 0 N–H and O–H groups in total. The van der Waals surface area contributed by atoms with E-state index in [2.05, 4.69) is 10.3 Å². The highest BCUT2D eigenvalue weighted by Crippen LogP contribution is 2.26. The van der Waals surface area contributed by atoms with Gasteiger partial charge in [0.1, 0.15) is 0 Å². The lowest BCUT2D eigenvalue weighted by molar-refractivity contribution is 0.486. The third-order valence-corrected chi connectivity index (χ3v) is 3.39. The van der Waals surface area contributed by atoms with Gasteiger partial charge in [-0.2, -0.15) is 11.8 Å². The molecule has 0 aromatic carbocycles. The van der Waals surface area contributed by atoms with Gasteiger partial charge in [0, 0.05) is 5.75 Å². The first-order chi connectivity index (χ1) is 5.90. The Labute approximate surface area is 80.5 Å². The molecule has 2 heterocycles. The topological polar surface area (TPSA) is 30.7 Å². The van der Waals surface area contributed by atoms with Crippen molar-refractivity contribution in [2.75, 3.05) is 11.5 Å². The SMILES string of the molecule is ClCc1cn([C@@H]2CCSC2)nn1. The van der Waals surface area contributed by atoms with Crippen molar-refractivity contribution in [3.63, 3.8) is 0 Å². The summed E-state index contributed by atoms with van der Waals surface area (Å²) in [5.74, 6) is 2.85. The van der Waals surface area contributed by atoms with Crippen molar-refractivity contribution in [1.82, 2.24) is 15.0 Å². The number of hydrogen-bond donors (Lipinski definition) is 0. The van der Waals surface area contributed by atoms with Crippen LogP contribution in [0, 0.1) is 0 Å². The Bertz CT molecular complexity index is 257. The second-order valence-corrected chi connectivity index (χ2v) is 4.26. The molecule has 1 fully saturated rings. The van der Waals surface area contributed by atoms with Crippen LogP contribution in [0.4, 0.5) is 0 Å². The van der Waals surface area contributed by atoms with E-state index < -0.39 is 0 Å². The zero-order chi connectivity index (χ0) is 8.39. The fraction of sp³-hybridized carbons (Fsp3) is 0.714. The number of hydrogen-bond acceptors (Lipinski definition) is 3. The number of thioether (sulfide) groups is 1. The molecule has 0 bridgehead atoms. The zero-order valence-electron chi connectivity index (χ0n) is 6.61. The van der Waals surface area contributed by atoms with Crippen LogP contribution < -0.4 is 0 Å². The lowest BCUT2D eigenvalue weighted by Crippen LogP contribution is -2.08. The molecule has 1 aliphatic rings. The molecule has 1 aromatic heterocycles. The van der Waals surface area contributed by atoms with Crippen LogP contribution >= 0.6 is 23.4 Å². The Balaban J connectivity index is 2.11. The van der Waals surface area contributed by atoms with Gasteiger partial charge >= 0.3 is 0 Å². The van der Waals surface area contributed by atoms with Gasteiger partial charge in [0.2, 0.25) is 0 Å². The highest BCUT2D eigenvalue weighted by molar-refractivity contribution is 7.99. The molecule has 2 rings (SSSR count). The summed E-state index contributed by atoms with van der Waals surface area (Å²) in [5, 5.41) is 7.99. The Morgan fingerprint density at radius 1 is 1.75 bits per heavy atom. The summed E-state index contributed by atoms with van der Waals surface area (Å²) in [7, 11) is 0. The molecule has 0 saturated carbocycles. The van der Waals surface area contributed by atoms with Crippen LogP contribution in [0.15, 0.2) is 6.20 Å². The van der Waals surface area contributed by atoms with Crippen LogP contribution in [-0.2, 0) is 5.88 Å². The summed E-state index contributed by atoms with van der Waals surface area (Å²) in [6.45, 7) is 0. The van der Waals surface area contributed by atoms with Crippen LogP contribution in [0.2, 0.25) is 0 Å². The van der Waals surface area contributed by atoms with Gasteiger partial charge in [-0.1, -0.05) is 5.21 Å². The van der Waals surface area contributed by atoms with Gasteiger partial charge < -0.3 is 0 Å². The van der Waals surface area contributed by atoms with Crippen molar-refractivity contribution in [2.24, 2.45) is 0 Å². The molecular formula is C7H10ClN3S. The van der Waals surface area contributed by atoms with Gasteiger partial charge in [-0.25, -0.2) is 4.68 Å². The van der Waals surface area contributed by atoms with E-state index in [1.807, 2.05) is 22.6 Å². The van der Waals surface area contributed by atoms with Crippen molar-refractivity contribution < 1.29 is 0 Å². The Hall–Kier alpha value is -0.220. The van der Waals surface area contributed by atoms with E-state index in [0.29, 0.717) is 11.9 Å². The van der Waals surface area contributed by atoms with Gasteiger partial charge in [0.25, 0.3) is 0 Å². The summed E-state index contributed by atoms with van der Waals surface area (Å²) in [4.78, 5) is 0. The van der Waals surface area contributed by atoms with Crippen molar-refractivity contribution >= 4 is 23.4 Å². The fourth-order valence-corrected chi connectivity index (χ4v) is 2.60. The highest BCUT2D eigenvalue weighted by Gasteiger charge is 2.18. The summed E-state index contributed by atoms with van der Waals surface area (Å²) >= 11 is 7.60. The number of halogens is 1. The first-order valence-corrected chi connectivity index (χ1v) is 5.63. The van der Waals surface area contributed by atoms with Gasteiger partial charge in [0.05, 0.1) is 23.8 Å². The van der Waals surface area contributed by atoms with Crippen LogP contribution in [0.25, 0.3) is 0 Å². The largest absolute Gasteiger partial charge is 0.248 e. The molecule has 5 heteroatoms. The first-order valence-electron chi connectivity index (χ1n) is 3.94. The fourth-order valence-electron chi connectivity index (χ4n) is 1.28. The van der Waals surface area contributed by atoms with Crippen molar-refractivity contribution in [3.05, 3.63) is 11.9 Å². The molecule has 1 aliphatic heterocycles. The molecular weight excluding hydrogens is 194 g/mol. The molecule has 0 aliphatic carbocycles. The van der Waals surface area contributed by atoms with Crippen molar-refractivity contribution in [1.29, 1.82) is 0 Å². The molecule has 0 spiro atoms. The van der Waals surface area contributed by atoms with Crippen molar-refractivity contribution in [2.45, 2.75) is 18.3 Å². The van der Waals surface area contributed by atoms with Gasteiger partial charge in [-0.05, 0) is 12.2 Å². The molecule has 0 radical (unpaired) electrons. The second-order valence-electron chi connectivity index (χ2n) is 2.84. The zero-order valence-corrected chi connectivity index (χ0v) is 8.18. The summed E-state index contributed by atoms with van der Waals surface area (Å²) < 4.78 is 1.94. The minimum atomic E-state index is 0.458. The van der Waals surface area contributed by atoms with E-state index in [9.17, 15) is 0 Å². The van der Waals surface area contributed by atoms with E-state index in [0.717, 1.165) is 11.4 Å². The van der Waals surface area contributed by atoms with Crippen molar-refractivity contribution in [3.8, 4) is 0 Å². The van der Waals surface area contributed by atoms with Gasteiger partial charge in [-0.15, -0.1) is 16.7 Å². The quantitative estimate of drug-likeness (QED) is 0.686. The molecule has 12 heavy (non-hydrogen) atoms. The molecule has 1 saturated heterocycles. The maximum absolute atomic E-state index is 5.63. The lowest BCUT2D eigenvalue weighted by atomic mass is 10.3. The molecule has 1 aromatic rings. The summed E-state index contributed by atoms with van der Waals surface area (Å²) in [6.07, 6.45) is 3.15. The Kier molecular flexibility index (Phi) is 2.56. The third kappa shape index (κ3) is 1.59. The summed E-state index contributed by atoms with van der Waals surface area (Å²) in [6, 6.07) is 0.541. The van der Waals surface area contributed by atoms with Gasteiger partial charge in [-0.3, -0.25) is 0 Å². The van der Waals surface area contributed by atoms with Crippen LogP contribution in [0.1, 0.15) is 18.2 Å².